The summed E-state index contributed by atoms with van der Waals surface area (Å²) in [6, 6.07) is 5.26. The predicted octanol–water partition coefficient (Wildman–Crippen LogP) is 3.16. The SMILES string of the molecule is CCNc1cc(C(C)=O)cc(C(=O)C(C)C)c1. The Morgan fingerprint density at radius 3 is 2.24 bits per heavy atom. The van der Waals surface area contributed by atoms with E-state index < -0.39 is 0 Å². The first-order valence-electron chi connectivity index (χ1n) is 5.89. The van der Waals surface area contributed by atoms with Crippen LogP contribution in [0.1, 0.15) is 48.4 Å². The average Bonchev–Trinajstić information content (AvgIpc) is 2.27. The van der Waals surface area contributed by atoms with E-state index >= 15 is 0 Å². The number of benzene rings is 1. The Labute approximate surface area is 102 Å². The van der Waals surface area contributed by atoms with Crippen molar-refractivity contribution >= 4 is 17.3 Å². The molecule has 0 radical (unpaired) electrons. The Balaban J connectivity index is 3.21. The Morgan fingerprint density at radius 2 is 1.76 bits per heavy atom. The van der Waals surface area contributed by atoms with Gasteiger partial charge in [0.25, 0.3) is 0 Å². The van der Waals surface area contributed by atoms with E-state index in [1.165, 1.54) is 6.92 Å². The van der Waals surface area contributed by atoms with Crippen LogP contribution in [0.3, 0.4) is 0 Å². The summed E-state index contributed by atoms with van der Waals surface area (Å²) in [5.74, 6) is -0.0264. The molecule has 0 bridgehead atoms. The molecular formula is C14H19NO2. The lowest BCUT2D eigenvalue weighted by Gasteiger charge is -2.10. The quantitative estimate of drug-likeness (QED) is 0.794. The molecule has 3 heteroatoms. The second kappa shape index (κ2) is 5.62. The molecule has 0 aromatic heterocycles. The lowest BCUT2D eigenvalue weighted by Crippen LogP contribution is -2.10. The summed E-state index contributed by atoms with van der Waals surface area (Å²) in [7, 11) is 0. The van der Waals surface area contributed by atoms with Crippen LogP contribution in [0.2, 0.25) is 0 Å². The molecule has 3 nitrogen and oxygen atoms in total. The van der Waals surface area contributed by atoms with Gasteiger partial charge in [-0.25, -0.2) is 0 Å². The van der Waals surface area contributed by atoms with Crippen LogP contribution in [0.25, 0.3) is 0 Å². The molecule has 0 aliphatic carbocycles. The molecule has 1 aromatic carbocycles. The summed E-state index contributed by atoms with van der Waals surface area (Å²) in [4.78, 5) is 23.3. The molecule has 0 saturated carbocycles. The molecule has 1 rings (SSSR count). The van der Waals surface area contributed by atoms with Gasteiger partial charge in [-0.1, -0.05) is 13.8 Å². The van der Waals surface area contributed by atoms with Crippen molar-refractivity contribution in [1.82, 2.24) is 0 Å². The summed E-state index contributed by atoms with van der Waals surface area (Å²) in [6.07, 6.45) is 0. The second-order valence-corrected chi connectivity index (χ2v) is 4.40. The molecule has 92 valence electrons. The van der Waals surface area contributed by atoms with Gasteiger partial charge in [0, 0.05) is 29.3 Å². The maximum absolute atomic E-state index is 11.9. The van der Waals surface area contributed by atoms with Crippen LogP contribution in [-0.2, 0) is 0 Å². The largest absolute Gasteiger partial charge is 0.385 e. The second-order valence-electron chi connectivity index (χ2n) is 4.40. The standard InChI is InChI=1S/C14H19NO2/c1-5-15-13-7-11(10(4)16)6-12(8-13)14(17)9(2)3/h6-9,15H,5H2,1-4H3. The Morgan fingerprint density at radius 1 is 1.18 bits per heavy atom. The highest BCUT2D eigenvalue weighted by molar-refractivity contribution is 6.02. The van der Waals surface area contributed by atoms with Crippen LogP contribution in [0, 0.1) is 5.92 Å². The Kier molecular flexibility index (Phi) is 4.44. The average molecular weight is 233 g/mol. The van der Waals surface area contributed by atoms with Gasteiger partial charge in [0.05, 0.1) is 0 Å². The minimum Gasteiger partial charge on any atom is -0.385 e. The highest BCUT2D eigenvalue weighted by Gasteiger charge is 2.13. The highest BCUT2D eigenvalue weighted by atomic mass is 16.1. The topological polar surface area (TPSA) is 46.2 Å². The van der Waals surface area contributed by atoms with E-state index in [0.717, 1.165) is 12.2 Å². The molecular weight excluding hydrogens is 214 g/mol. The lowest BCUT2D eigenvalue weighted by atomic mass is 9.97. The number of hydrogen-bond donors (Lipinski definition) is 1. The van der Waals surface area contributed by atoms with Crippen LogP contribution < -0.4 is 5.32 Å². The van der Waals surface area contributed by atoms with Crippen molar-refractivity contribution in [2.24, 2.45) is 5.92 Å². The van der Waals surface area contributed by atoms with Crippen LogP contribution in [0.5, 0.6) is 0 Å². The number of Topliss-reactive ketones (excluding diaryl/α,β-unsaturated/α-hetero) is 2. The number of carbonyl (C=O) groups is 2. The fraction of sp³-hybridized carbons (Fsp3) is 0.429. The lowest BCUT2D eigenvalue weighted by molar-refractivity contribution is 0.0939. The third-order valence-electron chi connectivity index (χ3n) is 2.53. The molecule has 0 aliphatic heterocycles. The van der Waals surface area contributed by atoms with Gasteiger partial charge < -0.3 is 5.32 Å². The Bertz CT molecular complexity index is 436. The van der Waals surface area contributed by atoms with Crippen LogP contribution in [0.15, 0.2) is 18.2 Å². The van der Waals surface area contributed by atoms with E-state index in [0.29, 0.717) is 11.1 Å². The van der Waals surface area contributed by atoms with Crippen molar-refractivity contribution < 1.29 is 9.59 Å². The van der Waals surface area contributed by atoms with Crippen LogP contribution in [-0.4, -0.2) is 18.1 Å². The van der Waals surface area contributed by atoms with Crippen molar-refractivity contribution in [2.75, 3.05) is 11.9 Å². The smallest absolute Gasteiger partial charge is 0.165 e. The van der Waals surface area contributed by atoms with Gasteiger partial charge in [0.1, 0.15) is 0 Å². The predicted molar refractivity (Wildman–Crippen MR) is 69.8 cm³/mol. The summed E-state index contributed by atoms with van der Waals surface area (Å²) < 4.78 is 0. The fourth-order valence-electron chi connectivity index (χ4n) is 1.61. The maximum atomic E-state index is 11.9. The number of ketones is 2. The van der Waals surface area contributed by atoms with E-state index in [4.69, 9.17) is 0 Å². The third kappa shape index (κ3) is 3.41. The number of anilines is 1. The molecule has 0 atom stereocenters. The summed E-state index contributed by atoms with van der Waals surface area (Å²) in [6.45, 7) is 7.96. The number of rotatable bonds is 5. The number of carbonyl (C=O) groups excluding carboxylic acids is 2. The highest BCUT2D eigenvalue weighted by Crippen LogP contribution is 2.18. The molecule has 0 spiro atoms. The minimum atomic E-state index is -0.0633. The van der Waals surface area contributed by atoms with Gasteiger partial charge in [-0.05, 0) is 32.0 Å². The summed E-state index contributed by atoms with van der Waals surface area (Å²) in [5.41, 5.74) is 2.00. The molecule has 0 unspecified atom stereocenters. The molecule has 0 fully saturated rings. The monoisotopic (exact) mass is 233 g/mol. The fourth-order valence-corrected chi connectivity index (χ4v) is 1.61. The van der Waals surface area contributed by atoms with Gasteiger partial charge in [0.2, 0.25) is 0 Å². The Hall–Kier alpha value is -1.64. The van der Waals surface area contributed by atoms with Crippen molar-refractivity contribution in [1.29, 1.82) is 0 Å². The van der Waals surface area contributed by atoms with E-state index in [1.54, 1.807) is 18.2 Å². The molecule has 1 N–H and O–H groups in total. The van der Waals surface area contributed by atoms with Gasteiger partial charge >= 0.3 is 0 Å². The molecule has 0 aliphatic rings. The first-order valence-corrected chi connectivity index (χ1v) is 5.89. The first kappa shape index (κ1) is 13.4. The third-order valence-corrected chi connectivity index (χ3v) is 2.53. The molecule has 0 heterocycles. The summed E-state index contributed by atoms with van der Waals surface area (Å²) >= 11 is 0. The minimum absolute atomic E-state index is 0.0254. The van der Waals surface area contributed by atoms with Crippen molar-refractivity contribution in [3.05, 3.63) is 29.3 Å². The van der Waals surface area contributed by atoms with Gasteiger partial charge in [-0.15, -0.1) is 0 Å². The van der Waals surface area contributed by atoms with Crippen LogP contribution >= 0.6 is 0 Å². The van der Waals surface area contributed by atoms with Gasteiger partial charge in [-0.2, -0.15) is 0 Å². The van der Waals surface area contributed by atoms with E-state index in [1.807, 2.05) is 20.8 Å². The molecule has 1 aromatic rings. The zero-order valence-corrected chi connectivity index (χ0v) is 10.8. The maximum Gasteiger partial charge on any atom is 0.165 e. The van der Waals surface area contributed by atoms with E-state index in [9.17, 15) is 9.59 Å². The van der Waals surface area contributed by atoms with E-state index in [-0.39, 0.29) is 17.5 Å². The normalized spacial score (nSPS) is 10.4. The van der Waals surface area contributed by atoms with Crippen LogP contribution in [0.4, 0.5) is 5.69 Å². The number of hydrogen-bond acceptors (Lipinski definition) is 3. The van der Waals surface area contributed by atoms with Crippen molar-refractivity contribution in [3.63, 3.8) is 0 Å². The zero-order chi connectivity index (χ0) is 13.0. The number of nitrogens with one attached hydrogen (secondary N) is 1. The van der Waals surface area contributed by atoms with Crippen molar-refractivity contribution in [3.8, 4) is 0 Å². The molecule has 0 amide bonds. The zero-order valence-electron chi connectivity index (χ0n) is 10.8. The summed E-state index contributed by atoms with van der Waals surface area (Å²) in [5, 5.41) is 3.13. The molecule has 0 saturated heterocycles. The van der Waals surface area contributed by atoms with Gasteiger partial charge in [0.15, 0.2) is 11.6 Å². The first-order chi connectivity index (χ1) is 7.95. The van der Waals surface area contributed by atoms with Gasteiger partial charge in [-0.3, -0.25) is 9.59 Å². The van der Waals surface area contributed by atoms with Crippen molar-refractivity contribution in [2.45, 2.75) is 27.7 Å². The molecule has 17 heavy (non-hydrogen) atoms. The van der Waals surface area contributed by atoms with E-state index in [2.05, 4.69) is 5.32 Å².